The summed E-state index contributed by atoms with van der Waals surface area (Å²) in [7, 11) is 0. The lowest BCUT2D eigenvalue weighted by atomic mass is 9.96. The van der Waals surface area contributed by atoms with Crippen LogP contribution in [0.15, 0.2) is 24.3 Å². The quantitative estimate of drug-likeness (QED) is 0.572. The molecule has 138 valence electrons. The monoisotopic (exact) mass is 349 g/mol. The standard InChI is InChI=1S/C19H28N2O4/c1-14(22)2-3-15-4-6-18(7-5-15)25-13-17(23)12-21-10-8-16(9-11-21)19(20)24/h4-7,16-17,23H,2-3,8-13H2,1H3,(H2,20,24)/p+1/t17-/m1/s1. The van der Waals surface area contributed by atoms with Gasteiger partial charge in [-0.3, -0.25) is 4.79 Å². The number of primary amides is 1. The Morgan fingerprint density at radius 3 is 2.48 bits per heavy atom. The van der Waals surface area contributed by atoms with E-state index in [0.29, 0.717) is 18.7 Å². The first-order valence-electron chi connectivity index (χ1n) is 8.96. The van der Waals surface area contributed by atoms with Crippen molar-refractivity contribution in [2.75, 3.05) is 26.2 Å². The van der Waals surface area contributed by atoms with Crippen molar-refractivity contribution < 1.29 is 24.3 Å². The number of carbonyl (C=O) groups is 2. The first-order valence-corrected chi connectivity index (χ1v) is 8.96. The van der Waals surface area contributed by atoms with Crippen molar-refractivity contribution in [3.63, 3.8) is 0 Å². The summed E-state index contributed by atoms with van der Waals surface area (Å²) >= 11 is 0. The molecule has 1 atom stereocenters. The zero-order valence-electron chi connectivity index (χ0n) is 14.9. The average Bonchev–Trinajstić information content (AvgIpc) is 2.59. The van der Waals surface area contributed by atoms with Gasteiger partial charge in [-0.2, -0.15) is 0 Å². The van der Waals surface area contributed by atoms with Gasteiger partial charge in [-0.15, -0.1) is 0 Å². The van der Waals surface area contributed by atoms with Crippen molar-refractivity contribution in [2.45, 2.75) is 38.7 Å². The minimum Gasteiger partial charge on any atom is -0.491 e. The number of ketones is 1. The fourth-order valence-corrected chi connectivity index (χ4v) is 3.17. The minimum absolute atomic E-state index is 0.0151. The Balaban J connectivity index is 1.68. The van der Waals surface area contributed by atoms with Crippen LogP contribution < -0.4 is 15.4 Å². The van der Waals surface area contributed by atoms with Gasteiger partial charge < -0.3 is 25.3 Å². The molecule has 1 amide bonds. The highest BCUT2D eigenvalue weighted by atomic mass is 16.5. The third-order valence-corrected chi connectivity index (χ3v) is 4.75. The number of aliphatic hydroxyl groups excluding tert-OH is 1. The second-order valence-corrected chi connectivity index (χ2v) is 6.94. The Kier molecular flexibility index (Phi) is 7.40. The number of quaternary nitrogens is 1. The number of Topliss-reactive ketones (excluding diaryl/α,β-unsaturated/α-hetero) is 1. The summed E-state index contributed by atoms with van der Waals surface area (Å²) < 4.78 is 5.64. The molecule has 6 nitrogen and oxygen atoms in total. The Bertz CT molecular complexity index is 565. The maximum Gasteiger partial charge on any atom is 0.220 e. The number of aryl methyl sites for hydroxylation is 1. The summed E-state index contributed by atoms with van der Waals surface area (Å²) in [6.07, 6.45) is 2.33. The van der Waals surface area contributed by atoms with Crippen LogP contribution in [0, 0.1) is 5.92 Å². The number of hydrogen-bond acceptors (Lipinski definition) is 4. The highest BCUT2D eigenvalue weighted by molar-refractivity contribution is 5.76. The lowest BCUT2D eigenvalue weighted by molar-refractivity contribution is -0.908. The summed E-state index contributed by atoms with van der Waals surface area (Å²) in [6, 6.07) is 7.63. The molecule has 1 aliphatic heterocycles. The van der Waals surface area contributed by atoms with Crippen LogP contribution in [-0.4, -0.2) is 49.1 Å². The predicted molar refractivity (Wildman–Crippen MR) is 94.4 cm³/mol. The van der Waals surface area contributed by atoms with Crippen molar-refractivity contribution in [1.29, 1.82) is 0 Å². The Hall–Kier alpha value is -1.92. The van der Waals surface area contributed by atoms with Crippen LogP contribution in [0.2, 0.25) is 0 Å². The number of ether oxygens (including phenoxy) is 1. The highest BCUT2D eigenvalue weighted by Gasteiger charge is 2.27. The molecule has 1 aromatic rings. The van der Waals surface area contributed by atoms with Gasteiger partial charge >= 0.3 is 0 Å². The third-order valence-electron chi connectivity index (χ3n) is 4.75. The fraction of sp³-hybridized carbons (Fsp3) is 0.579. The molecule has 25 heavy (non-hydrogen) atoms. The molecule has 4 N–H and O–H groups in total. The predicted octanol–water partition coefficient (Wildman–Crippen LogP) is -0.272. The summed E-state index contributed by atoms with van der Waals surface area (Å²) in [4.78, 5) is 23.5. The molecule has 1 aromatic carbocycles. The van der Waals surface area contributed by atoms with Gasteiger partial charge in [-0.1, -0.05) is 12.1 Å². The molecule has 0 aliphatic carbocycles. The smallest absolute Gasteiger partial charge is 0.220 e. The van der Waals surface area contributed by atoms with Gasteiger partial charge in [0.2, 0.25) is 5.91 Å². The van der Waals surface area contributed by atoms with Gasteiger partial charge in [-0.25, -0.2) is 0 Å². The number of nitrogens with two attached hydrogens (primary N) is 1. The van der Waals surface area contributed by atoms with E-state index in [1.807, 2.05) is 24.3 Å². The maximum atomic E-state index is 11.2. The number of amides is 1. The number of benzene rings is 1. The molecule has 0 spiro atoms. The number of nitrogens with one attached hydrogen (secondary N) is 1. The van der Waals surface area contributed by atoms with Gasteiger partial charge in [0.25, 0.3) is 0 Å². The van der Waals surface area contributed by atoms with Gasteiger partial charge in [0, 0.05) is 25.2 Å². The molecular formula is C19H29N2O4+. The van der Waals surface area contributed by atoms with E-state index >= 15 is 0 Å². The van der Waals surface area contributed by atoms with E-state index in [1.165, 1.54) is 4.90 Å². The summed E-state index contributed by atoms with van der Waals surface area (Å²) in [6.45, 7) is 4.17. The Morgan fingerprint density at radius 2 is 1.92 bits per heavy atom. The average molecular weight is 349 g/mol. The fourth-order valence-electron chi connectivity index (χ4n) is 3.17. The van der Waals surface area contributed by atoms with Crippen molar-refractivity contribution in [2.24, 2.45) is 11.7 Å². The van der Waals surface area contributed by atoms with Crippen molar-refractivity contribution in [3.8, 4) is 5.75 Å². The molecule has 0 saturated carbocycles. The van der Waals surface area contributed by atoms with Gasteiger partial charge in [-0.05, 0) is 31.0 Å². The van der Waals surface area contributed by atoms with Crippen molar-refractivity contribution in [1.82, 2.24) is 0 Å². The van der Waals surface area contributed by atoms with Crippen LogP contribution >= 0.6 is 0 Å². The molecule has 0 bridgehead atoms. The van der Waals surface area contributed by atoms with E-state index in [-0.39, 0.29) is 24.2 Å². The summed E-state index contributed by atoms with van der Waals surface area (Å²) in [5.74, 6) is 0.673. The normalized spacial score (nSPS) is 21.5. The van der Waals surface area contributed by atoms with Gasteiger partial charge in [0.1, 0.15) is 30.8 Å². The molecule has 1 saturated heterocycles. The summed E-state index contributed by atoms with van der Waals surface area (Å²) in [5, 5.41) is 10.2. The minimum atomic E-state index is -0.544. The molecule has 1 heterocycles. The zero-order chi connectivity index (χ0) is 18.2. The number of aliphatic hydroxyl groups is 1. The van der Waals surface area contributed by atoms with E-state index in [0.717, 1.165) is 37.9 Å². The number of likely N-dealkylation sites (tertiary alicyclic amines) is 1. The molecule has 0 radical (unpaired) electrons. The molecule has 0 aromatic heterocycles. The lowest BCUT2D eigenvalue weighted by Crippen LogP contribution is -3.14. The Labute approximate surface area is 149 Å². The second kappa shape index (κ2) is 9.53. The molecule has 6 heteroatoms. The maximum absolute atomic E-state index is 11.2. The number of rotatable bonds is 9. The number of carbonyl (C=O) groups excluding carboxylic acids is 2. The lowest BCUT2D eigenvalue weighted by Gasteiger charge is -2.29. The number of hydrogen-bond donors (Lipinski definition) is 3. The zero-order valence-corrected chi connectivity index (χ0v) is 14.9. The van der Waals surface area contributed by atoms with Crippen LogP contribution in [0.25, 0.3) is 0 Å². The first kappa shape index (κ1) is 19.4. The molecular weight excluding hydrogens is 320 g/mol. The van der Waals surface area contributed by atoms with E-state index < -0.39 is 6.10 Å². The van der Waals surface area contributed by atoms with E-state index in [9.17, 15) is 14.7 Å². The van der Waals surface area contributed by atoms with Gasteiger partial charge in [0.15, 0.2) is 0 Å². The van der Waals surface area contributed by atoms with Gasteiger partial charge in [0.05, 0.1) is 13.1 Å². The van der Waals surface area contributed by atoms with E-state index in [4.69, 9.17) is 10.5 Å². The number of piperidine rings is 1. The topological polar surface area (TPSA) is 94.1 Å². The molecule has 1 fully saturated rings. The van der Waals surface area contributed by atoms with Crippen LogP contribution in [0.5, 0.6) is 5.75 Å². The van der Waals surface area contributed by atoms with Crippen molar-refractivity contribution in [3.05, 3.63) is 29.8 Å². The molecule has 0 unspecified atom stereocenters. The van der Waals surface area contributed by atoms with Crippen LogP contribution in [-0.2, 0) is 16.0 Å². The Morgan fingerprint density at radius 1 is 1.28 bits per heavy atom. The van der Waals surface area contributed by atoms with E-state index in [2.05, 4.69) is 0 Å². The van der Waals surface area contributed by atoms with E-state index in [1.54, 1.807) is 6.92 Å². The van der Waals surface area contributed by atoms with Crippen LogP contribution in [0.1, 0.15) is 31.7 Å². The largest absolute Gasteiger partial charge is 0.491 e. The van der Waals surface area contributed by atoms with Crippen LogP contribution in [0.3, 0.4) is 0 Å². The first-order chi connectivity index (χ1) is 11.9. The third kappa shape index (κ3) is 6.84. The van der Waals surface area contributed by atoms with Crippen LogP contribution in [0.4, 0.5) is 0 Å². The van der Waals surface area contributed by atoms with Crippen molar-refractivity contribution >= 4 is 11.7 Å². The SMILES string of the molecule is CC(=O)CCc1ccc(OC[C@H](O)C[NH+]2CCC(C(N)=O)CC2)cc1. The molecule has 1 aliphatic rings. The second-order valence-electron chi connectivity index (χ2n) is 6.94. The summed E-state index contributed by atoms with van der Waals surface area (Å²) in [5.41, 5.74) is 6.44. The highest BCUT2D eigenvalue weighted by Crippen LogP contribution is 2.14. The molecule has 2 rings (SSSR count).